The van der Waals surface area contributed by atoms with Gasteiger partial charge in [-0.25, -0.2) is 4.98 Å². The molecule has 1 aromatic rings. The average Bonchev–Trinajstić information content (AvgIpc) is 2.12. The smallest absolute Gasteiger partial charge is 0.271 e. The van der Waals surface area contributed by atoms with Crippen LogP contribution >= 0.6 is 11.6 Å². The predicted octanol–water partition coefficient (Wildman–Crippen LogP) is 0.606. The van der Waals surface area contributed by atoms with Gasteiger partial charge in [-0.3, -0.25) is 4.79 Å². The van der Waals surface area contributed by atoms with E-state index in [2.05, 4.69) is 15.3 Å². The van der Waals surface area contributed by atoms with Crippen LogP contribution in [0.25, 0.3) is 0 Å². The number of aromatic nitrogens is 2. The summed E-state index contributed by atoms with van der Waals surface area (Å²) in [5, 5.41) is 11.9. The molecule has 5 nitrogen and oxygen atoms in total. The van der Waals surface area contributed by atoms with E-state index in [4.69, 9.17) is 16.7 Å². The molecule has 0 saturated carbocycles. The predicted molar refractivity (Wildman–Crippen MR) is 54.7 cm³/mol. The Morgan fingerprint density at radius 3 is 3.14 bits per heavy atom. The van der Waals surface area contributed by atoms with Gasteiger partial charge in [-0.2, -0.15) is 0 Å². The summed E-state index contributed by atoms with van der Waals surface area (Å²) in [4.78, 5) is 17.2. The quantitative estimate of drug-likeness (QED) is 0.691. The molecule has 0 aliphatic rings. The molecule has 14 heavy (non-hydrogen) atoms. The van der Waals surface area contributed by atoms with E-state index in [1.54, 1.807) is 6.92 Å². The number of aliphatic hydroxyl groups is 1. The maximum atomic E-state index is 11.0. The molecule has 0 fully saturated rings. The van der Waals surface area contributed by atoms with Crippen LogP contribution in [0.5, 0.6) is 0 Å². The first-order chi connectivity index (χ1) is 6.61. The van der Waals surface area contributed by atoms with Crippen LogP contribution in [0.15, 0.2) is 11.1 Å². The van der Waals surface area contributed by atoms with E-state index < -0.39 is 0 Å². The number of anilines is 1. The zero-order valence-corrected chi connectivity index (χ0v) is 8.51. The van der Waals surface area contributed by atoms with Crippen molar-refractivity contribution < 1.29 is 5.11 Å². The summed E-state index contributed by atoms with van der Waals surface area (Å²) in [6.45, 7) is 2.21. The van der Waals surface area contributed by atoms with E-state index in [0.29, 0.717) is 18.8 Å². The second kappa shape index (κ2) is 4.97. The van der Waals surface area contributed by atoms with Crippen molar-refractivity contribution in [1.82, 2.24) is 9.97 Å². The molecule has 1 heterocycles. The lowest BCUT2D eigenvalue weighted by Crippen LogP contribution is -2.15. The molecule has 0 radical (unpaired) electrons. The van der Waals surface area contributed by atoms with Crippen LogP contribution in [-0.4, -0.2) is 27.7 Å². The van der Waals surface area contributed by atoms with Crippen LogP contribution < -0.4 is 10.9 Å². The van der Waals surface area contributed by atoms with Gasteiger partial charge in [0.05, 0.1) is 12.4 Å². The Kier molecular flexibility index (Phi) is 3.91. The standard InChI is InChI=1S/C8H12ClN3O2/c1-5(13)2-3-10-7-6(9)8(14)12-4-11-7/h4-5,13H,2-3H2,1H3,(H2,10,11,12,14). The summed E-state index contributed by atoms with van der Waals surface area (Å²) >= 11 is 5.68. The Balaban J connectivity index is 2.59. The topological polar surface area (TPSA) is 78.0 Å². The van der Waals surface area contributed by atoms with E-state index in [1.807, 2.05) is 0 Å². The van der Waals surface area contributed by atoms with E-state index in [9.17, 15) is 4.79 Å². The first kappa shape index (κ1) is 11.0. The van der Waals surface area contributed by atoms with Crippen LogP contribution in [0, 0.1) is 0 Å². The molecule has 0 aromatic carbocycles. The van der Waals surface area contributed by atoms with Gasteiger partial charge in [-0.15, -0.1) is 0 Å². The summed E-state index contributed by atoms with van der Waals surface area (Å²) in [5.74, 6) is 0.344. The number of nitrogens with zero attached hydrogens (tertiary/aromatic N) is 1. The van der Waals surface area contributed by atoms with Gasteiger partial charge < -0.3 is 15.4 Å². The van der Waals surface area contributed by atoms with Crippen molar-refractivity contribution in [2.45, 2.75) is 19.4 Å². The van der Waals surface area contributed by atoms with Gasteiger partial charge in [-0.05, 0) is 13.3 Å². The van der Waals surface area contributed by atoms with Crippen molar-refractivity contribution in [2.75, 3.05) is 11.9 Å². The number of nitrogens with one attached hydrogen (secondary N) is 2. The molecule has 0 aliphatic heterocycles. The van der Waals surface area contributed by atoms with Crippen molar-refractivity contribution >= 4 is 17.4 Å². The highest BCUT2D eigenvalue weighted by Crippen LogP contribution is 2.11. The third kappa shape index (κ3) is 3.01. The minimum absolute atomic E-state index is 0.0399. The van der Waals surface area contributed by atoms with Crippen LogP contribution in [0.1, 0.15) is 13.3 Å². The van der Waals surface area contributed by atoms with Crippen LogP contribution in [-0.2, 0) is 0 Å². The second-order valence-electron chi connectivity index (χ2n) is 2.96. The molecule has 78 valence electrons. The first-order valence-electron chi connectivity index (χ1n) is 4.26. The second-order valence-corrected chi connectivity index (χ2v) is 3.34. The number of halogens is 1. The Morgan fingerprint density at radius 2 is 2.50 bits per heavy atom. The summed E-state index contributed by atoms with van der Waals surface area (Å²) in [6.07, 6.45) is 1.47. The van der Waals surface area contributed by atoms with Crippen LogP contribution in [0.2, 0.25) is 5.02 Å². The minimum atomic E-state index is -0.386. The fourth-order valence-corrected chi connectivity index (χ4v) is 1.08. The van der Waals surface area contributed by atoms with E-state index >= 15 is 0 Å². The molecular weight excluding hydrogens is 206 g/mol. The normalized spacial score (nSPS) is 12.5. The lowest BCUT2D eigenvalue weighted by molar-refractivity contribution is 0.188. The van der Waals surface area contributed by atoms with Gasteiger partial charge in [0.2, 0.25) is 0 Å². The number of aromatic amines is 1. The molecule has 6 heteroatoms. The number of hydrogen-bond acceptors (Lipinski definition) is 4. The average molecular weight is 218 g/mol. The van der Waals surface area contributed by atoms with Crippen LogP contribution in [0.4, 0.5) is 5.82 Å². The Morgan fingerprint density at radius 1 is 1.79 bits per heavy atom. The molecule has 1 aromatic heterocycles. The summed E-state index contributed by atoms with van der Waals surface area (Å²) in [5.41, 5.74) is -0.374. The highest BCUT2D eigenvalue weighted by atomic mass is 35.5. The fraction of sp³-hybridized carbons (Fsp3) is 0.500. The largest absolute Gasteiger partial charge is 0.393 e. The van der Waals surface area contributed by atoms with Crippen molar-refractivity contribution in [3.05, 3.63) is 21.7 Å². The molecule has 1 unspecified atom stereocenters. The third-order valence-electron chi connectivity index (χ3n) is 1.65. The van der Waals surface area contributed by atoms with Gasteiger partial charge >= 0.3 is 0 Å². The maximum absolute atomic E-state index is 11.0. The fourth-order valence-electron chi connectivity index (χ4n) is 0.906. The number of aliphatic hydroxyl groups excluding tert-OH is 1. The Hall–Kier alpha value is -1.07. The highest BCUT2D eigenvalue weighted by molar-refractivity contribution is 6.32. The molecule has 0 bridgehead atoms. The zero-order valence-electron chi connectivity index (χ0n) is 7.75. The molecule has 1 rings (SSSR count). The lowest BCUT2D eigenvalue weighted by atomic mass is 10.3. The lowest BCUT2D eigenvalue weighted by Gasteiger charge is -2.07. The highest BCUT2D eigenvalue weighted by Gasteiger charge is 2.04. The molecule has 0 amide bonds. The molecule has 3 N–H and O–H groups in total. The SMILES string of the molecule is CC(O)CCNc1nc[nH]c(=O)c1Cl. The molecule has 0 spiro atoms. The van der Waals surface area contributed by atoms with Crippen molar-refractivity contribution in [1.29, 1.82) is 0 Å². The number of rotatable bonds is 4. The van der Waals surface area contributed by atoms with Crippen molar-refractivity contribution in [3.63, 3.8) is 0 Å². The number of H-pyrrole nitrogens is 1. The van der Waals surface area contributed by atoms with Crippen molar-refractivity contribution in [3.8, 4) is 0 Å². The monoisotopic (exact) mass is 217 g/mol. The summed E-state index contributed by atoms with van der Waals surface area (Å²) < 4.78 is 0. The summed E-state index contributed by atoms with van der Waals surface area (Å²) in [7, 11) is 0. The molecular formula is C8H12ClN3O2. The molecule has 1 atom stereocenters. The van der Waals surface area contributed by atoms with Gasteiger partial charge in [0.25, 0.3) is 5.56 Å². The van der Waals surface area contributed by atoms with E-state index in [0.717, 1.165) is 0 Å². The van der Waals surface area contributed by atoms with E-state index in [1.165, 1.54) is 6.33 Å². The zero-order chi connectivity index (χ0) is 10.6. The number of hydrogen-bond donors (Lipinski definition) is 3. The molecule has 0 aliphatic carbocycles. The Bertz CT molecular complexity index is 351. The molecule has 0 saturated heterocycles. The maximum Gasteiger partial charge on any atom is 0.271 e. The minimum Gasteiger partial charge on any atom is -0.393 e. The van der Waals surface area contributed by atoms with E-state index in [-0.39, 0.29) is 16.7 Å². The van der Waals surface area contributed by atoms with Gasteiger partial charge in [0.15, 0.2) is 5.82 Å². The van der Waals surface area contributed by atoms with Gasteiger partial charge in [-0.1, -0.05) is 11.6 Å². The van der Waals surface area contributed by atoms with Gasteiger partial charge in [0, 0.05) is 6.54 Å². The summed E-state index contributed by atoms with van der Waals surface area (Å²) in [6, 6.07) is 0. The van der Waals surface area contributed by atoms with Gasteiger partial charge in [0.1, 0.15) is 5.02 Å². The van der Waals surface area contributed by atoms with Crippen molar-refractivity contribution in [2.24, 2.45) is 0 Å². The Labute approximate surface area is 86.1 Å². The third-order valence-corrected chi connectivity index (χ3v) is 2.00. The first-order valence-corrected chi connectivity index (χ1v) is 4.64. The van der Waals surface area contributed by atoms with Crippen LogP contribution in [0.3, 0.4) is 0 Å².